The Morgan fingerprint density at radius 1 is 0.750 bits per heavy atom. The topological polar surface area (TPSA) is 0 Å². The molecular weight excluding hydrogens is 192 g/mol. The van der Waals surface area contributed by atoms with Crippen molar-refractivity contribution in [1.82, 2.24) is 0 Å². The van der Waals surface area contributed by atoms with Gasteiger partial charge in [0.15, 0.2) is 0 Å². The Morgan fingerprint density at radius 2 is 1.19 bits per heavy atom. The molecule has 16 heavy (non-hydrogen) atoms. The van der Waals surface area contributed by atoms with Crippen LogP contribution in [0.4, 0.5) is 0 Å². The maximum absolute atomic E-state index is 4.28. The molecule has 0 N–H and O–H groups in total. The highest BCUT2D eigenvalue weighted by molar-refractivity contribution is 5.28. The molecule has 0 saturated carbocycles. The normalized spacial score (nSPS) is 14.3. The van der Waals surface area contributed by atoms with E-state index in [1.165, 1.54) is 11.1 Å². The van der Waals surface area contributed by atoms with Gasteiger partial charge < -0.3 is 0 Å². The summed E-state index contributed by atoms with van der Waals surface area (Å²) in [6.07, 6.45) is 0. The van der Waals surface area contributed by atoms with E-state index >= 15 is 0 Å². The maximum Gasteiger partial charge on any atom is 0.127 e. The van der Waals surface area contributed by atoms with Crippen LogP contribution < -0.4 is 0 Å². The van der Waals surface area contributed by atoms with Gasteiger partial charge in [-0.1, -0.05) is 67.6 Å². The Kier molecular flexibility index (Phi) is 3.31. The molecule has 80 valence electrons. The molecule has 0 heteroatoms. The zero-order valence-corrected chi connectivity index (χ0v) is 9.64. The largest absolute Gasteiger partial charge is 0.127 e. The molecule has 2 rings (SSSR count). The zero-order valence-electron chi connectivity index (χ0n) is 9.64. The average Bonchev–Trinajstić information content (AvgIpc) is 2.39. The smallest absolute Gasteiger partial charge is 0.0622 e. The fourth-order valence-electron chi connectivity index (χ4n) is 1.98. The van der Waals surface area contributed by atoms with Crippen molar-refractivity contribution in [1.29, 1.82) is 0 Å². The molecule has 0 saturated heterocycles. The van der Waals surface area contributed by atoms with E-state index in [2.05, 4.69) is 68.4 Å². The lowest BCUT2D eigenvalue weighted by atomic mass is 9.84. The van der Waals surface area contributed by atoms with Gasteiger partial charge in [0.2, 0.25) is 0 Å². The van der Waals surface area contributed by atoms with Crippen LogP contribution in [0.1, 0.15) is 29.9 Å². The lowest BCUT2D eigenvalue weighted by Gasteiger charge is -2.15. The molecule has 2 atom stereocenters. The molecule has 0 amide bonds. The Hall–Kier alpha value is -1.69. The van der Waals surface area contributed by atoms with Crippen LogP contribution in [-0.4, -0.2) is 0 Å². The van der Waals surface area contributed by atoms with Crippen molar-refractivity contribution in [3.8, 4) is 0 Å². The zero-order chi connectivity index (χ0) is 11.4. The number of hydrogen-bond acceptors (Lipinski definition) is 0. The Balaban J connectivity index is 2.20. The van der Waals surface area contributed by atoms with Gasteiger partial charge in [0, 0.05) is 5.92 Å². The number of rotatable bonds is 3. The molecular formula is C16H17+. The predicted octanol–water partition coefficient (Wildman–Crippen LogP) is 4.41. The van der Waals surface area contributed by atoms with Crippen molar-refractivity contribution >= 4 is 0 Å². The van der Waals surface area contributed by atoms with Crippen LogP contribution in [-0.2, 0) is 0 Å². The molecule has 0 aliphatic rings. The lowest BCUT2D eigenvalue weighted by molar-refractivity contribution is 0.673. The molecule has 0 aliphatic heterocycles. The fraction of sp³-hybridized carbons (Fsp3) is 0.188. The van der Waals surface area contributed by atoms with Crippen LogP contribution in [0, 0.1) is 6.92 Å². The summed E-state index contributed by atoms with van der Waals surface area (Å²) < 4.78 is 0. The van der Waals surface area contributed by atoms with Gasteiger partial charge in [-0.25, -0.2) is 0 Å². The molecule has 0 nitrogen and oxygen atoms in total. The van der Waals surface area contributed by atoms with Crippen molar-refractivity contribution in [2.24, 2.45) is 0 Å². The van der Waals surface area contributed by atoms with Crippen LogP contribution in [0.15, 0.2) is 60.7 Å². The lowest BCUT2D eigenvalue weighted by Crippen LogP contribution is -2.04. The van der Waals surface area contributed by atoms with E-state index in [0.29, 0.717) is 11.8 Å². The Bertz CT molecular complexity index is 373. The fourth-order valence-corrected chi connectivity index (χ4v) is 1.98. The van der Waals surface area contributed by atoms with Crippen LogP contribution in [0.2, 0.25) is 0 Å². The minimum Gasteiger partial charge on any atom is -0.0622 e. The maximum atomic E-state index is 4.28. The van der Waals surface area contributed by atoms with Gasteiger partial charge in [-0.2, -0.15) is 0 Å². The molecule has 0 heterocycles. The monoisotopic (exact) mass is 209 g/mol. The number of hydrogen-bond donors (Lipinski definition) is 0. The molecule has 0 radical (unpaired) electrons. The molecule has 0 bridgehead atoms. The molecule has 0 aliphatic carbocycles. The van der Waals surface area contributed by atoms with Crippen LogP contribution >= 0.6 is 0 Å². The van der Waals surface area contributed by atoms with E-state index in [4.69, 9.17) is 0 Å². The first-order valence-corrected chi connectivity index (χ1v) is 5.72. The summed E-state index contributed by atoms with van der Waals surface area (Å²) in [7, 11) is 0. The summed E-state index contributed by atoms with van der Waals surface area (Å²) in [5, 5.41) is 0. The third kappa shape index (κ3) is 2.27. The molecule has 2 aromatic carbocycles. The standard InChI is InChI=1S/C16H17/c1-13(15-9-5-3-6-10-15)14(2)16-11-7-4-8-12-16/h3-14H,1H2,2H3/q+1/t13-,14-/m0/s1. The summed E-state index contributed by atoms with van der Waals surface area (Å²) in [5.41, 5.74) is 2.66. The summed E-state index contributed by atoms with van der Waals surface area (Å²) >= 11 is 0. The first kappa shape index (κ1) is 10.8. The van der Waals surface area contributed by atoms with E-state index in [1.807, 2.05) is 6.07 Å². The van der Waals surface area contributed by atoms with E-state index in [1.54, 1.807) is 0 Å². The summed E-state index contributed by atoms with van der Waals surface area (Å²) in [6, 6.07) is 21.1. The predicted molar refractivity (Wildman–Crippen MR) is 69.4 cm³/mol. The van der Waals surface area contributed by atoms with E-state index in [9.17, 15) is 0 Å². The summed E-state index contributed by atoms with van der Waals surface area (Å²) in [6.45, 7) is 6.52. The van der Waals surface area contributed by atoms with E-state index < -0.39 is 0 Å². The number of benzene rings is 2. The summed E-state index contributed by atoms with van der Waals surface area (Å²) in [5.74, 6) is 0.757. The highest BCUT2D eigenvalue weighted by Crippen LogP contribution is 2.31. The van der Waals surface area contributed by atoms with Crippen LogP contribution in [0.3, 0.4) is 0 Å². The third-order valence-electron chi connectivity index (χ3n) is 3.16. The van der Waals surface area contributed by atoms with Gasteiger partial charge in [0.05, 0.1) is 6.92 Å². The van der Waals surface area contributed by atoms with Crippen LogP contribution in [0.25, 0.3) is 0 Å². The van der Waals surface area contributed by atoms with Gasteiger partial charge >= 0.3 is 0 Å². The van der Waals surface area contributed by atoms with Crippen molar-refractivity contribution in [2.75, 3.05) is 0 Å². The molecule has 0 aromatic heterocycles. The minimum absolute atomic E-state index is 0.309. The van der Waals surface area contributed by atoms with Gasteiger partial charge in [0.25, 0.3) is 0 Å². The van der Waals surface area contributed by atoms with Crippen molar-refractivity contribution in [2.45, 2.75) is 18.8 Å². The van der Waals surface area contributed by atoms with Crippen molar-refractivity contribution in [3.05, 3.63) is 78.7 Å². The molecule has 0 spiro atoms. The van der Waals surface area contributed by atoms with Gasteiger partial charge in [0.1, 0.15) is 5.92 Å². The highest BCUT2D eigenvalue weighted by atomic mass is 14.2. The van der Waals surface area contributed by atoms with Gasteiger partial charge in [-0.05, 0) is 11.1 Å². The molecule has 2 aromatic rings. The molecule has 0 fully saturated rings. The second kappa shape index (κ2) is 4.89. The second-order valence-electron chi connectivity index (χ2n) is 4.22. The van der Waals surface area contributed by atoms with Crippen molar-refractivity contribution < 1.29 is 0 Å². The minimum atomic E-state index is 0.309. The average molecular weight is 209 g/mol. The van der Waals surface area contributed by atoms with E-state index in [-0.39, 0.29) is 0 Å². The quantitative estimate of drug-likeness (QED) is 0.657. The third-order valence-corrected chi connectivity index (χ3v) is 3.16. The second-order valence-corrected chi connectivity index (χ2v) is 4.22. The van der Waals surface area contributed by atoms with Gasteiger partial charge in [-0.3, -0.25) is 0 Å². The van der Waals surface area contributed by atoms with Crippen LogP contribution in [0.5, 0.6) is 0 Å². The first-order chi connectivity index (χ1) is 7.79. The Labute approximate surface area is 97.9 Å². The van der Waals surface area contributed by atoms with Gasteiger partial charge in [-0.15, -0.1) is 0 Å². The highest BCUT2D eigenvalue weighted by Gasteiger charge is 2.21. The van der Waals surface area contributed by atoms with E-state index in [0.717, 1.165) is 0 Å². The molecule has 0 unspecified atom stereocenters. The van der Waals surface area contributed by atoms with Crippen molar-refractivity contribution in [3.63, 3.8) is 0 Å². The SMILES string of the molecule is [CH2+][C@H](c1ccccc1)[C@H](C)c1ccccc1. The summed E-state index contributed by atoms with van der Waals surface area (Å²) in [4.78, 5) is 0. The Morgan fingerprint density at radius 3 is 1.69 bits per heavy atom. The first-order valence-electron chi connectivity index (χ1n) is 5.72.